The number of benzene rings is 1. The number of ether oxygens (including phenoxy) is 1. The van der Waals surface area contributed by atoms with Crippen LogP contribution in [-0.4, -0.2) is 13.7 Å². The van der Waals surface area contributed by atoms with E-state index in [0.29, 0.717) is 6.04 Å². The summed E-state index contributed by atoms with van der Waals surface area (Å²) in [7, 11) is 2.07. The molecular formula is C17H27NO. The summed E-state index contributed by atoms with van der Waals surface area (Å²) in [5.41, 5.74) is 1.36. The fourth-order valence-electron chi connectivity index (χ4n) is 3.16. The molecule has 0 amide bonds. The third-order valence-electron chi connectivity index (χ3n) is 4.21. The molecule has 1 fully saturated rings. The Balaban J connectivity index is 2.01. The van der Waals surface area contributed by atoms with Crippen molar-refractivity contribution in [1.29, 1.82) is 0 Å². The van der Waals surface area contributed by atoms with Crippen LogP contribution in [0.25, 0.3) is 0 Å². The molecule has 0 bridgehead atoms. The predicted octanol–water partition coefficient (Wildman–Crippen LogP) is 4.32. The molecule has 19 heavy (non-hydrogen) atoms. The second-order valence-electron chi connectivity index (χ2n) is 5.59. The molecule has 0 saturated heterocycles. The van der Waals surface area contributed by atoms with Crippen molar-refractivity contribution < 1.29 is 4.74 Å². The van der Waals surface area contributed by atoms with Gasteiger partial charge in [0.15, 0.2) is 0 Å². The molecular weight excluding hydrogens is 234 g/mol. The van der Waals surface area contributed by atoms with E-state index in [1.54, 1.807) is 0 Å². The Morgan fingerprint density at radius 2 is 2.05 bits per heavy atom. The second kappa shape index (κ2) is 7.54. The van der Waals surface area contributed by atoms with Gasteiger partial charge in [-0.15, -0.1) is 0 Å². The number of hydrogen-bond acceptors (Lipinski definition) is 2. The molecule has 1 aliphatic carbocycles. The Bertz CT molecular complexity index is 371. The van der Waals surface area contributed by atoms with Crippen molar-refractivity contribution in [2.45, 2.75) is 51.5 Å². The molecule has 2 heteroatoms. The van der Waals surface area contributed by atoms with Gasteiger partial charge in [-0.2, -0.15) is 0 Å². The molecule has 106 valence electrons. The molecule has 1 N–H and O–H groups in total. The first-order valence-corrected chi connectivity index (χ1v) is 7.73. The zero-order valence-electron chi connectivity index (χ0n) is 12.3. The zero-order chi connectivity index (χ0) is 13.5. The van der Waals surface area contributed by atoms with Gasteiger partial charge in [0.1, 0.15) is 5.75 Å². The molecule has 1 saturated carbocycles. The van der Waals surface area contributed by atoms with E-state index in [2.05, 4.69) is 30.6 Å². The first-order chi connectivity index (χ1) is 9.33. The maximum absolute atomic E-state index is 5.60. The van der Waals surface area contributed by atoms with Gasteiger partial charge in [0.2, 0.25) is 0 Å². The third kappa shape index (κ3) is 4.24. The largest absolute Gasteiger partial charge is 0.494 e. The summed E-state index contributed by atoms with van der Waals surface area (Å²) in [6, 6.07) is 9.01. The molecule has 0 aromatic heterocycles. The van der Waals surface area contributed by atoms with Gasteiger partial charge in [-0.3, -0.25) is 0 Å². The smallest absolute Gasteiger partial charge is 0.119 e. The SMILES string of the molecule is CCOc1cccc(C(CC2CCCCC2)NC)c1. The Kier molecular flexibility index (Phi) is 5.71. The van der Waals surface area contributed by atoms with Gasteiger partial charge in [0.25, 0.3) is 0 Å². The molecule has 0 radical (unpaired) electrons. The summed E-state index contributed by atoms with van der Waals surface area (Å²) in [5, 5.41) is 3.48. The van der Waals surface area contributed by atoms with E-state index >= 15 is 0 Å². The third-order valence-corrected chi connectivity index (χ3v) is 4.21. The number of hydrogen-bond donors (Lipinski definition) is 1. The lowest BCUT2D eigenvalue weighted by molar-refractivity contribution is 0.304. The first kappa shape index (κ1) is 14.4. The standard InChI is InChI=1S/C17H27NO/c1-3-19-16-11-7-10-15(13-16)17(18-2)12-14-8-5-4-6-9-14/h7,10-11,13-14,17-18H,3-6,8-9,12H2,1-2H3. The van der Waals surface area contributed by atoms with E-state index in [9.17, 15) is 0 Å². The van der Waals surface area contributed by atoms with Crippen molar-refractivity contribution >= 4 is 0 Å². The van der Waals surface area contributed by atoms with E-state index in [-0.39, 0.29) is 0 Å². The summed E-state index contributed by atoms with van der Waals surface area (Å²) in [6.45, 7) is 2.76. The Morgan fingerprint density at radius 3 is 2.74 bits per heavy atom. The van der Waals surface area contributed by atoms with Crippen molar-refractivity contribution in [1.82, 2.24) is 5.32 Å². The fraction of sp³-hybridized carbons (Fsp3) is 0.647. The molecule has 1 aromatic carbocycles. The Hall–Kier alpha value is -1.02. The average molecular weight is 261 g/mol. The van der Waals surface area contributed by atoms with Crippen LogP contribution in [0.3, 0.4) is 0 Å². The van der Waals surface area contributed by atoms with E-state index in [4.69, 9.17) is 4.74 Å². The number of rotatable bonds is 6. The molecule has 0 aliphatic heterocycles. The molecule has 1 atom stereocenters. The molecule has 1 unspecified atom stereocenters. The Morgan fingerprint density at radius 1 is 1.26 bits per heavy atom. The highest BCUT2D eigenvalue weighted by atomic mass is 16.5. The Labute approximate surface area is 117 Å². The minimum Gasteiger partial charge on any atom is -0.494 e. The second-order valence-corrected chi connectivity index (χ2v) is 5.59. The summed E-state index contributed by atoms with van der Waals surface area (Å²) >= 11 is 0. The monoisotopic (exact) mass is 261 g/mol. The first-order valence-electron chi connectivity index (χ1n) is 7.73. The van der Waals surface area contributed by atoms with Crippen LogP contribution in [0, 0.1) is 5.92 Å². The van der Waals surface area contributed by atoms with E-state index in [1.807, 2.05) is 13.0 Å². The van der Waals surface area contributed by atoms with Crippen molar-refractivity contribution in [3.8, 4) is 5.75 Å². The van der Waals surface area contributed by atoms with E-state index in [0.717, 1.165) is 18.3 Å². The van der Waals surface area contributed by atoms with E-state index < -0.39 is 0 Å². The molecule has 1 aromatic rings. The van der Waals surface area contributed by atoms with Crippen LogP contribution in [-0.2, 0) is 0 Å². The molecule has 2 rings (SSSR count). The number of nitrogens with one attached hydrogen (secondary N) is 1. The van der Waals surface area contributed by atoms with Crippen LogP contribution < -0.4 is 10.1 Å². The lowest BCUT2D eigenvalue weighted by Crippen LogP contribution is -2.21. The maximum Gasteiger partial charge on any atom is 0.119 e. The van der Waals surface area contributed by atoms with Crippen LogP contribution in [0.2, 0.25) is 0 Å². The highest BCUT2D eigenvalue weighted by Crippen LogP contribution is 2.32. The summed E-state index contributed by atoms with van der Waals surface area (Å²) in [6.07, 6.45) is 8.33. The van der Waals surface area contributed by atoms with Crippen molar-refractivity contribution in [3.63, 3.8) is 0 Å². The highest BCUT2D eigenvalue weighted by molar-refractivity contribution is 5.30. The molecule has 2 nitrogen and oxygen atoms in total. The van der Waals surface area contributed by atoms with Gasteiger partial charge in [-0.05, 0) is 44.0 Å². The van der Waals surface area contributed by atoms with Crippen molar-refractivity contribution in [2.75, 3.05) is 13.7 Å². The average Bonchev–Trinajstić information content (AvgIpc) is 2.46. The molecule has 1 aliphatic rings. The quantitative estimate of drug-likeness (QED) is 0.823. The van der Waals surface area contributed by atoms with Crippen LogP contribution >= 0.6 is 0 Å². The summed E-state index contributed by atoms with van der Waals surface area (Å²) < 4.78 is 5.60. The van der Waals surface area contributed by atoms with Crippen LogP contribution in [0.4, 0.5) is 0 Å². The fourth-order valence-corrected chi connectivity index (χ4v) is 3.16. The lowest BCUT2D eigenvalue weighted by atomic mass is 9.83. The van der Waals surface area contributed by atoms with Crippen LogP contribution in [0.5, 0.6) is 5.75 Å². The van der Waals surface area contributed by atoms with Gasteiger partial charge in [0.05, 0.1) is 6.61 Å². The molecule has 0 spiro atoms. The predicted molar refractivity (Wildman–Crippen MR) is 80.6 cm³/mol. The zero-order valence-corrected chi connectivity index (χ0v) is 12.3. The highest BCUT2D eigenvalue weighted by Gasteiger charge is 2.19. The topological polar surface area (TPSA) is 21.3 Å². The minimum absolute atomic E-state index is 0.462. The summed E-state index contributed by atoms with van der Waals surface area (Å²) in [4.78, 5) is 0. The van der Waals surface area contributed by atoms with E-state index in [1.165, 1.54) is 44.1 Å². The summed E-state index contributed by atoms with van der Waals surface area (Å²) in [5.74, 6) is 1.88. The van der Waals surface area contributed by atoms with Crippen molar-refractivity contribution in [3.05, 3.63) is 29.8 Å². The normalized spacial score (nSPS) is 18.2. The van der Waals surface area contributed by atoms with Crippen molar-refractivity contribution in [2.24, 2.45) is 5.92 Å². The minimum atomic E-state index is 0.462. The van der Waals surface area contributed by atoms with Gasteiger partial charge in [0, 0.05) is 6.04 Å². The van der Waals surface area contributed by atoms with Gasteiger partial charge in [-0.25, -0.2) is 0 Å². The van der Waals surface area contributed by atoms with Crippen LogP contribution in [0.1, 0.15) is 57.1 Å². The lowest BCUT2D eigenvalue weighted by Gasteiger charge is -2.26. The molecule has 0 heterocycles. The van der Waals surface area contributed by atoms with Gasteiger partial charge in [-0.1, -0.05) is 44.2 Å². The van der Waals surface area contributed by atoms with Crippen LogP contribution in [0.15, 0.2) is 24.3 Å². The maximum atomic E-state index is 5.60. The van der Waals surface area contributed by atoms with Gasteiger partial charge >= 0.3 is 0 Å². The van der Waals surface area contributed by atoms with Gasteiger partial charge < -0.3 is 10.1 Å².